The van der Waals surface area contributed by atoms with Crippen LogP contribution in [0.25, 0.3) is 6.08 Å². The number of para-hydroxylation sites is 2. The molecule has 0 fully saturated rings. The van der Waals surface area contributed by atoms with Crippen molar-refractivity contribution >= 4 is 35.0 Å². The zero-order valence-corrected chi connectivity index (χ0v) is 14.2. The van der Waals surface area contributed by atoms with E-state index in [2.05, 4.69) is 10.6 Å². The van der Waals surface area contributed by atoms with E-state index in [0.717, 1.165) is 11.3 Å². The molecule has 2 aromatic rings. The molecule has 0 bridgehead atoms. The second-order valence-electron chi connectivity index (χ2n) is 4.75. The molecule has 0 aliphatic rings. The minimum Gasteiger partial charge on any atom is -0.497 e. The van der Waals surface area contributed by atoms with Gasteiger partial charge in [0.05, 0.1) is 19.9 Å². The van der Waals surface area contributed by atoms with Crippen LogP contribution in [0.2, 0.25) is 0 Å². The quantitative estimate of drug-likeness (QED) is 0.645. The van der Waals surface area contributed by atoms with Crippen LogP contribution < -0.4 is 20.1 Å². The van der Waals surface area contributed by atoms with Crippen molar-refractivity contribution in [3.05, 3.63) is 60.2 Å². The van der Waals surface area contributed by atoms with Gasteiger partial charge in [0.1, 0.15) is 11.5 Å². The van der Waals surface area contributed by atoms with Crippen LogP contribution in [-0.4, -0.2) is 25.2 Å². The number of benzene rings is 2. The van der Waals surface area contributed by atoms with Gasteiger partial charge < -0.3 is 14.8 Å². The van der Waals surface area contributed by atoms with Crippen molar-refractivity contribution in [3.8, 4) is 11.5 Å². The molecule has 0 atom stereocenters. The molecule has 6 heteroatoms. The molecule has 124 valence electrons. The normalized spacial score (nSPS) is 10.2. The summed E-state index contributed by atoms with van der Waals surface area (Å²) in [4.78, 5) is 11.9. The monoisotopic (exact) mass is 342 g/mol. The molecule has 0 aliphatic carbocycles. The van der Waals surface area contributed by atoms with Gasteiger partial charge in [0, 0.05) is 6.08 Å². The predicted octanol–water partition coefficient (Wildman–Crippen LogP) is 3.23. The maximum absolute atomic E-state index is 11.9. The Morgan fingerprint density at radius 1 is 1.04 bits per heavy atom. The number of amides is 1. The van der Waals surface area contributed by atoms with Crippen molar-refractivity contribution in [1.29, 1.82) is 0 Å². The van der Waals surface area contributed by atoms with Crippen LogP contribution in [0.1, 0.15) is 5.56 Å². The number of thiocarbonyl (C=S) groups is 1. The number of nitrogens with one attached hydrogen (secondary N) is 2. The highest BCUT2D eigenvalue weighted by Crippen LogP contribution is 2.22. The first-order valence-electron chi connectivity index (χ1n) is 7.19. The third-order valence-electron chi connectivity index (χ3n) is 3.13. The van der Waals surface area contributed by atoms with Gasteiger partial charge in [-0.15, -0.1) is 0 Å². The second kappa shape index (κ2) is 8.69. The number of methoxy groups -OCH3 is 2. The molecular weight excluding hydrogens is 324 g/mol. The number of rotatable bonds is 5. The van der Waals surface area contributed by atoms with E-state index in [-0.39, 0.29) is 11.0 Å². The lowest BCUT2D eigenvalue weighted by atomic mass is 10.2. The SMILES string of the molecule is COc1ccc(C=CC(=O)NC(=S)Nc2ccccc2OC)cc1. The number of carbonyl (C=O) groups excluding carboxylic acids is 1. The topological polar surface area (TPSA) is 59.6 Å². The molecule has 2 rings (SSSR count). The third kappa shape index (κ3) is 5.10. The lowest BCUT2D eigenvalue weighted by molar-refractivity contribution is -0.115. The summed E-state index contributed by atoms with van der Waals surface area (Å²) >= 11 is 5.13. The lowest BCUT2D eigenvalue weighted by Crippen LogP contribution is -2.32. The summed E-state index contributed by atoms with van der Waals surface area (Å²) in [5.74, 6) is 1.08. The fraction of sp³-hybridized carbons (Fsp3) is 0.111. The summed E-state index contributed by atoms with van der Waals surface area (Å²) in [6, 6.07) is 14.7. The van der Waals surface area contributed by atoms with E-state index in [1.165, 1.54) is 6.08 Å². The van der Waals surface area contributed by atoms with E-state index in [1.807, 2.05) is 42.5 Å². The average molecular weight is 342 g/mol. The number of hydrogen-bond acceptors (Lipinski definition) is 4. The van der Waals surface area contributed by atoms with Crippen LogP contribution in [0, 0.1) is 0 Å². The predicted molar refractivity (Wildman–Crippen MR) is 99.4 cm³/mol. The molecule has 0 radical (unpaired) electrons. The van der Waals surface area contributed by atoms with Gasteiger partial charge >= 0.3 is 0 Å². The minimum atomic E-state index is -0.321. The first-order valence-corrected chi connectivity index (χ1v) is 7.60. The molecule has 0 aliphatic heterocycles. The molecule has 0 unspecified atom stereocenters. The fourth-order valence-electron chi connectivity index (χ4n) is 1.94. The Kier molecular flexibility index (Phi) is 6.33. The Morgan fingerprint density at radius 2 is 1.75 bits per heavy atom. The maximum atomic E-state index is 11.9. The molecule has 1 amide bonds. The fourth-order valence-corrected chi connectivity index (χ4v) is 2.15. The number of hydrogen-bond donors (Lipinski definition) is 2. The lowest BCUT2D eigenvalue weighted by Gasteiger charge is -2.11. The standard InChI is InChI=1S/C18H18N2O3S/c1-22-14-10-7-13(8-11-14)9-12-17(21)20-18(24)19-15-5-3-4-6-16(15)23-2/h3-12H,1-2H3,(H2,19,20,21,24). The first-order chi connectivity index (χ1) is 11.6. The minimum absolute atomic E-state index is 0.198. The number of anilines is 1. The van der Waals surface area contributed by atoms with Crippen molar-refractivity contribution in [2.75, 3.05) is 19.5 Å². The van der Waals surface area contributed by atoms with Gasteiger partial charge in [-0.1, -0.05) is 24.3 Å². The van der Waals surface area contributed by atoms with E-state index in [4.69, 9.17) is 21.7 Å². The summed E-state index contributed by atoms with van der Waals surface area (Å²) in [6.45, 7) is 0. The largest absolute Gasteiger partial charge is 0.497 e. The van der Waals surface area contributed by atoms with Gasteiger partial charge in [0.25, 0.3) is 0 Å². The van der Waals surface area contributed by atoms with Crippen LogP contribution in [0.5, 0.6) is 11.5 Å². The van der Waals surface area contributed by atoms with Crippen molar-refractivity contribution in [3.63, 3.8) is 0 Å². The van der Waals surface area contributed by atoms with Gasteiger partial charge in [-0.05, 0) is 48.1 Å². The Bertz CT molecular complexity index is 742. The van der Waals surface area contributed by atoms with Crippen LogP contribution >= 0.6 is 12.2 Å². The zero-order chi connectivity index (χ0) is 17.4. The van der Waals surface area contributed by atoms with Crippen LogP contribution in [0.4, 0.5) is 5.69 Å². The van der Waals surface area contributed by atoms with Crippen molar-refractivity contribution in [2.24, 2.45) is 0 Å². The van der Waals surface area contributed by atoms with E-state index >= 15 is 0 Å². The van der Waals surface area contributed by atoms with Gasteiger partial charge in [-0.2, -0.15) is 0 Å². The zero-order valence-electron chi connectivity index (χ0n) is 13.4. The maximum Gasteiger partial charge on any atom is 0.250 e. The Labute approximate surface area is 146 Å². The molecule has 0 saturated heterocycles. The number of carbonyl (C=O) groups is 1. The summed E-state index contributed by atoms with van der Waals surface area (Å²) in [5, 5.41) is 5.71. The van der Waals surface area contributed by atoms with Crippen molar-refractivity contribution < 1.29 is 14.3 Å². The van der Waals surface area contributed by atoms with E-state index < -0.39 is 0 Å². The summed E-state index contributed by atoms with van der Waals surface area (Å²) in [5.41, 5.74) is 1.57. The summed E-state index contributed by atoms with van der Waals surface area (Å²) in [6.07, 6.45) is 3.11. The van der Waals surface area contributed by atoms with Crippen LogP contribution in [-0.2, 0) is 4.79 Å². The van der Waals surface area contributed by atoms with Gasteiger partial charge in [-0.25, -0.2) is 0 Å². The summed E-state index contributed by atoms with van der Waals surface area (Å²) < 4.78 is 10.3. The molecule has 0 spiro atoms. The van der Waals surface area contributed by atoms with Gasteiger partial charge in [-0.3, -0.25) is 10.1 Å². The average Bonchev–Trinajstić information content (AvgIpc) is 2.60. The third-order valence-corrected chi connectivity index (χ3v) is 3.34. The molecule has 0 heterocycles. The van der Waals surface area contributed by atoms with Crippen LogP contribution in [0.3, 0.4) is 0 Å². The molecule has 2 N–H and O–H groups in total. The van der Waals surface area contributed by atoms with Crippen LogP contribution in [0.15, 0.2) is 54.6 Å². The summed E-state index contributed by atoms with van der Waals surface area (Å²) in [7, 11) is 3.17. The van der Waals surface area contributed by atoms with E-state index in [0.29, 0.717) is 11.4 Å². The van der Waals surface area contributed by atoms with Gasteiger partial charge in [0.15, 0.2) is 5.11 Å². The van der Waals surface area contributed by atoms with Crippen molar-refractivity contribution in [2.45, 2.75) is 0 Å². The Morgan fingerprint density at radius 3 is 2.42 bits per heavy atom. The highest BCUT2D eigenvalue weighted by molar-refractivity contribution is 7.80. The Balaban J connectivity index is 1.91. The molecule has 2 aromatic carbocycles. The highest BCUT2D eigenvalue weighted by Gasteiger charge is 2.05. The second-order valence-corrected chi connectivity index (χ2v) is 5.16. The number of ether oxygens (including phenoxy) is 2. The molecule has 0 saturated carbocycles. The molecule has 0 aromatic heterocycles. The molecular formula is C18H18N2O3S. The van der Waals surface area contributed by atoms with Crippen molar-refractivity contribution in [1.82, 2.24) is 5.32 Å². The van der Waals surface area contributed by atoms with E-state index in [9.17, 15) is 4.79 Å². The van der Waals surface area contributed by atoms with Gasteiger partial charge in [0.2, 0.25) is 5.91 Å². The Hall–Kier alpha value is -2.86. The first kappa shape index (κ1) is 17.5. The molecule has 24 heavy (non-hydrogen) atoms. The molecule has 5 nitrogen and oxygen atoms in total. The highest BCUT2D eigenvalue weighted by atomic mass is 32.1. The smallest absolute Gasteiger partial charge is 0.250 e. The van der Waals surface area contributed by atoms with E-state index in [1.54, 1.807) is 26.4 Å².